The van der Waals surface area contributed by atoms with Crippen LogP contribution >= 0.6 is 24.0 Å². The largest absolute Gasteiger partial charge is 0.357 e. The van der Waals surface area contributed by atoms with Gasteiger partial charge in [0.1, 0.15) is 11.6 Å². The molecule has 0 saturated carbocycles. The van der Waals surface area contributed by atoms with Crippen molar-refractivity contribution in [3.8, 4) is 0 Å². The first-order valence-corrected chi connectivity index (χ1v) is 11.8. The molecule has 31 heavy (non-hydrogen) atoms. The molecule has 0 aliphatic heterocycles. The molecule has 2 aromatic carbocycles. The number of hydrogen-bond acceptors (Lipinski definition) is 3. The molecule has 0 unspecified atom stereocenters. The molecular formula is C22H30F2IN3O2S. The van der Waals surface area contributed by atoms with E-state index in [0.717, 1.165) is 11.8 Å². The predicted octanol–water partition coefficient (Wildman–Crippen LogP) is 4.16. The molecule has 0 atom stereocenters. The maximum absolute atomic E-state index is 13.7. The van der Waals surface area contributed by atoms with Crippen LogP contribution in [0.2, 0.25) is 0 Å². The summed E-state index contributed by atoms with van der Waals surface area (Å²) in [6.07, 6.45) is 1.14. The molecule has 2 aromatic rings. The Hall–Kier alpha value is -1.75. The van der Waals surface area contributed by atoms with E-state index in [4.69, 9.17) is 0 Å². The van der Waals surface area contributed by atoms with Crippen molar-refractivity contribution >= 4 is 39.8 Å². The molecule has 0 radical (unpaired) electrons. The van der Waals surface area contributed by atoms with Crippen molar-refractivity contribution in [2.24, 2.45) is 4.99 Å². The van der Waals surface area contributed by atoms with Crippen LogP contribution in [0, 0.1) is 11.6 Å². The lowest BCUT2D eigenvalue weighted by Gasteiger charge is -2.27. The molecule has 0 heterocycles. The smallest absolute Gasteiger partial charge is 0.191 e. The van der Waals surface area contributed by atoms with Crippen molar-refractivity contribution in [3.63, 3.8) is 0 Å². The fourth-order valence-corrected chi connectivity index (χ4v) is 3.83. The number of rotatable bonds is 8. The van der Waals surface area contributed by atoms with E-state index in [-0.39, 0.29) is 47.5 Å². The lowest BCUT2D eigenvalue weighted by atomic mass is 9.84. The first kappa shape index (κ1) is 27.3. The third kappa shape index (κ3) is 9.10. The number of benzene rings is 2. The van der Waals surface area contributed by atoms with Crippen molar-refractivity contribution in [2.75, 3.05) is 19.3 Å². The third-order valence-electron chi connectivity index (χ3n) is 4.64. The van der Waals surface area contributed by atoms with E-state index in [0.29, 0.717) is 30.2 Å². The van der Waals surface area contributed by atoms with E-state index in [1.54, 1.807) is 6.07 Å². The second-order valence-corrected chi connectivity index (χ2v) is 10.1. The van der Waals surface area contributed by atoms with Gasteiger partial charge in [-0.25, -0.2) is 22.2 Å². The van der Waals surface area contributed by atoms with Crippen LogP contribution in [-0.4, -0.2) is 33.7 Å². The maximum Gasteiger partial charge on any atom is 0.191 e. The minimum Gasteiger partial charge on any atom is -0.357 e. The molecule has 0 fully saturated rings. The van der Waals surface area contributed by atoms with Crippen LogP contribution in [0.15, 0.2) is 47.5 Å². The van der Waals surface area contributed by atoms with E-state index in [2.05, 4.69) is 15.6 Å². The molecule has 0 spiro atoms. The number of aliphatic imine (C=N–C) groups is 1. The molecule has 0 aliphatic rings. The van der Waals surface area contributed by atoms with Crippen LogP contribution in [0.1, 0.15) is 37.5 Å². The predicted molar refractivity (Wildman–Crippen MR) is 133 cm³/mol. The average Bonchev–Trinajstić information content (AvgIpc) is 2.65. The standard InChI is InChI=1S/C22H29F2N3O2S.HI/c1-5-25-21(27-15-22(2,3)18-7-6-8-19(23)12-18)26-13-17-11-20(24)10-9-16(17)14-30(4,28)29;/h6-12H,5,13-15H2,1-4H3,(H2,25,26,27);1H. The Kier molecular flexibility index (Phi) is 10.3. The van der Waals surface area contributed by atoms with E-state index in [1.807, 2.05) is 26.8 Å². The number of nitrogens with one attached hydrogen (secondary N) is 2. The second kappa shape index (κ2) is 11.8. The van der Waals surface area contributed by atoms with Gasteiger partial charge in [-0.05, 0) is 47.9 Å². The monoisotopic (exact) mass is 565 g/mol. The van der Waals surface area contributed by atoms with Gasteiger partial charge in [-0.15, -0.1) is 24.0 Å². The topological polar surface area (TPSA) is 70.6 Å². The van der Waals surface area contributed by atoms with Gasteiger partial charge in [0.2, 0.25) is 0 Å². The van der Waals surface area contributed by atoms with Crippen molar-refractivity contribution in [1.82, 2.24) is 10.6 Å². The van der Waals surface area contributed by atoms with Crippen LogP contribution in [0.3, 0.4) is 0 Å². The number of halogens is 3. The van der Waals surface area contributed by atoms with E-state index in [9.17, 15) is 17.2 Å². The zero-order chi connectivity index (χ0) is 22.4. The summed E-state index contributed by atoms with van der Waals surface area (Å²) in [5.74, 6) is -0.390. The zero-order valence-electron chi connectivity index (χ0n) is 18.2. The highest BCUT2D eigenvalue weighted by Gasteiger charge is 2.21. The highest BCUT2D eigenvalue weighted by molar-refractivity contribution is 14.0. The van der Waals surface area contributed by atoms with Gasteiger partial charge in [-0.3, -0.25) is 0 Å². The summed E-state index contributed by atoms with van der Waals surface area (Å²) in [4.78, 5) is 4.49. The Morgan fingerprint density at radius 2 is 1.71 bits per heavy atom. The number of nitrogens with zero attached hydrogens (tertiary/aromatic N) is 1. The fraction of sp³-hybridized carbons (Fsp3) is 0.409. The quantitative estimate of drug-likeness (QED) is 0.287. The molecule has 0 saturated heterocycles. The Balaban J connectivity index is 0.00000480. The third-order valence-corrected chi connectivity index (χ3v) is 5.48. The molecular weight excluding hydrogens is 535 g/mol. The first-order valence-electron chi connectivity index (χ1n) is 9.73. The summed E-state index contributed by atoms with van der Waals surface area (Å²) in [7, 11) is -3.26. The lowest BCUT2D eigenvalue weighted by Crippen LogP contribution is -2.43. The normalized spacial score (nSPS) is 12.3. The fourth-order valence-electron chi connectivity index (χ4n) is 2.99. The molecule has 0 aliphatic carbocycles. The summed E-state index contributed by atoms with van der Waals surface area (Å²) in [5, 5.41) is 6.36. The highest BCUT2D eigenvalue weighted by atomic mass is 127. The zero-order valence-corrected chi connectivity index (χ0v) is 21.4. The Morgan fingerprint density at radius 3 is 2.32 bits per heavy atom. The highest BCUT2D eigenvalue weighted by Crippen LogP contribution is 2.23. The molecule has 0 aromatic heterocycles. The van der Waals surface area contributed by atoms with Gasteiger partial charge in [0.25, 0.3) is 0 Å². The minimum absolute atomic E-state index is 0. The summed E-state index contributed by atoms with van der Waals surface area (Å²) < 4.78 is 50.6. The Bertz CT molecular complexity index is 1010. The molecule has 5 nitrogen and oxygen atoms in total. The molecule has 2 rings (SSSR count). The van der Waals surface area contributed by atoms with Gasteiger partial charge in [-0.1, -0.05) is 32.0 Å². The van der Waals surface area contributed by atoms with Crippen LogP contribution < -0.4 is 10.6 Å². The minimum atomic E-state index is -3.26. The molecule has 0 bridgehead atoms. The number of hydrogen-bond donors (Lipinski definition) is 2. The van der Waals surface area contributed by atoms with Crippen molar-refractivity contribution < 1.29 is 17.2 Å². The summed E-state index contributed by atoms with van der Waals surface area (Å²) in [6.45, 7) is 7.14. The Morgan fingerprint density at radius 1 is 1.03 bits per heavy atom. The Labute approximate surface area is 200 Å². The summed E-state index contributed by atoms with van der Waals surface area (Å²) >= 11 is 0. The SMILES string of the molecule is CCNC(=NCc1cc(F)ccc1CS(C)(=O)=O)NCC(C)(C)c1cccc(F)c1.I. The second-order valence-electron chi connectivity index (χ2n) is 7.93. The number of sulfone groups is 1. The van der Waals surface area contributed by atoms with Gasteiger partial charge in [-0.2, -0.15) is 0 Å². The van der Waals surface area contributed by atoms with Crippen molar-refractivity contribution in [3.05, 3.63) is 70.8 Å². The first-order chi connectivity index (χ1) is 14.0. The van der Waals surface area contributed by atoms with Gasteiger partial charge >= 0.3 is 0 Å². The molecule has 172 valence electrons. The van der Waals surface area contributed by atoms with E-state index in [1.165, 1.54) is 30.3 Å². The van der Waals surface area contributed by atoms with E-state index < -0.39 is 15.7 Å². The molecule has 0 amide bonds. The lowest BCUT2D eigenvalue weighted by molar-refractivity contribution is 0.503. The van der Waals surface area contributed by atoms with Crippen molar-refractivity contribution in [2.45, 2.75) is 38.5 Å². The summed E-state index contributed by atoms with van der Waals surface area (Å²) in [5.41, 5.74) is 1.53. The van der Waals surface area contributed by atoms with E-state index >= 15 is 0 Å². The van der Waals surface area contributed by atoms with Gasteiger partial charge in [0, 0.05) is 24.8 Å². The van der Waals surface area contributed by atoms with Crippen LogP contribution in [0.4, 0.5) is 8.78 Å². The average molecular weight is 565 g/mol. The molecule has 2 N–H and O–H groups in total. The molecule has 9 heteroatoms. The van der Waals surface area contributed by atoms with Crippen LogP contribution in [-0.2, 0) is 27.5 Å². The van der Waals surface area contributed by atoms with Crippen LogP contribution in [0.25, 0.3) is 0 Å². The van der Waals surface area contributed by atoms with Gasteiger partial charge in [0.05, 0.1) is 12.3 Å². The summed E-state index contributed by atoms with van der Waals surface area (Å²) in [6, 6.07) is 10.5. The van der Waals surface area contributed by atoms with Gasteiger partial charge in [0.15, 0.2) is 15.8 Å². The van der Waals surface area contributed by atoms with Crippen molar-refractivity contribution in [1.29, 1.82) is 0 Å². The maximum atomic E-state index is 13.7. The van der Waals surface area contributed by atoms with Crippen LogP contribution in [0.5, 0.6) is 0 Å². The number of guanidine groups is 1. The van der Waals surface area contributed by atoms with Gasteiger partial charge < -0.3 is 10.6 Å².